The molecule has 1 fully saturated rings. The first-order chi connectivity index (χ1) is 15.2. The Hall–Kier alpha value is -3.34. The van der Waals surface area contributed by atoms with Crippen molar-refractivity contribution < 1.29 is 4.74 Å². The highest BCUT2D eigenvalue weighted by molar-refractivity contribution is 7.20. The lowest BCUT2D eigenvalue weighted by molar-refractivity contribution is 0.463. The highest BCUT2D eigenvalue weighted by atomic mass is 35.5. The molecule has 0 spiro atoms. The van der Waals surface area contributed by atoms with Gasteiger partial charge in [-0.05, 0) is 43.2 Å². The zero-order chi connectivity index (χ0) is 21.2. The second-order valence-corrected chi connectivity index (χ2v) is 8.55. The molecule has 1 saturated heterocycles. The van der Waals surface area contributed by atoms with Gasteiger partial charge in [-0.1, -0.05) is 29.5 Å². The fraction of sp³-hybridized carbons (Fsp3) is 0.174. The van der Waals surface area contributed by atoms with Crippen LogP contribution in [-0.4, -0.2) is 27.5 Å². The topological polar surface area (TPSA) is 77.2 Å². The van der Waals surface area contributed by atoms with E-state index in [-0.39, 0.29) is 6.04 Å². The molecule has 0 amide bonds. The number of halogens is 1. The average molecular weight is 448 g/mol. The largest absolute Gasteiger partial charge is 0.437 e. The van der Waals surface area contributed by atoms with Gasteiger partial charge in [0.1, 0.15) is 17.9 Å². The van der Waals surface area contributed by atoms with Crippen molar-refractivity contribution in [2.75, 3.05) is 17.2 Å². The summed E-state index contributed by atoms with van der Waals surface area (Å²) in [5.41, 5.74) is 7.80. The summed E-state index contributed by atoms with van der Waals surface area (Å²) < 4.78 is 6.67. The van der Waals surface area contributed by atoms with Crippen molar-refractivity contribution >= 4 is 44.7 Å². The van der Waals surface area contributed by atoms with Crippen LogP contribution in [0.4, 0.5) is 11.5 Å². The highest BCUT2D eigenvalue weighted by Crippen LogP contribution is 2.35. The number of aromatic nitrogens is 3. The second-order valence-electron chi connectivity index (χ2n) is 7.09. The van der Waals surface area contributed by atoms with Crippen molar-refractivity contribution in [1.82, 2.24) is 15.0 Å². The van der Waals surface area contributed by atoms with Crippen LogP contribution in [0.5, 0.6) is 11.6 Å². The molecule has 0 bridgehead atoms. The first-order valence-electron chi connectivity index (χ1n) is 9.84. The maximum Gasteiger partial charge on any atom is 0.219 e. The lowest BCUT2D eigenvalue weighted by atomic mass is 10.2. The fourth-order valence-corrected chi connectivity index (χ4v) is 4.67. The molecule has 0 radical (unpaired) electrons. The van der Waals surface area contributed by atoms with Gasteiger partial charge < -0.3 is 15.4 Å². The molecule has 154 valence electrons. The van der Waals surface area contributed by atoms with Crippen molar-refractivity contribution in [1.29, 1.82) is 0 Å². The predicted molar refractivity (Wildman–Crippen MR) is 125 cm³/mol. The van der Waals surface area contributed by atoms with Gasteiger partial charge in [-0.2, -0.15) is 0 Å². The minimum absolute atomic E-state index is 0.118. The number of fused-ring (bicyclic) bond motifs is 1. The van der Waals surface area contributed by atoms with E-state index in [0.29, 0.717) is 22.5 Å². The van der Waals surface area contributed by atoms with Gasteiger partial charge in [0.05, 0.1) is 26.2 Å². The number of nitrogens with zero attached hydrogens (tertiary/aromatic N) is 4. The van der Waals surface area contributed by atoms with Crippen molar-refractivity contribution in [2.24, 2.45) is 0 Å². The maximum absolute atomic E-state index is 6.50. The molecule has 1 aromatic carbocycles. The van der Waals surface area contributed by atoms with Crippen molar-refractivity contribution in [3.05, 3.63) is 64.9 Å². The number of thiophene rings is 1. The normalized spacial score (nSPS) is 15.6. The number of nitrogens with two attached hydrogens (primary N) is 1. The monoisotopic (exact) mass is 447 g/mol. The van der Waals surface area contributed by atoms with Crippen molar-refractivity contribution in [3.63, 3.8) is 0 Å². The first kappa shape index (κ1) is 19.6. The Balaban J connectivity index is 1.36. The van der Waals surface area contributed by atoms with Crippen LogP contribution in [0.25, 0.3) is 10.2 Å². The molecule has 3 aromatic heterocycles. The van der Waals surface area contributed by atoms with Gasteiger partial charge in [-0.25, -0.2) is 15.0 Å². The lowest BCUT2D eigenvalue weighted by Gasteiger charge is -2.23. The van der Waals surface area contributed by atoms with Gasteiger partial charge >= 0.3 is 0 Å². The third-order valence-corrected chi connectivity index (χ3v) is 6.41. The molecular formula is C23H18ClN5OS. The molecule has 1 aliphatic rings. The van der Waals surface area contributed by atoms with E-state index in [1.54, 1.807) is 12.3 Å². The van der Waals surface area contributed by atoms with E-state index < -0.39 is 0 Å². The third-order valence-electron chi connectivity index (χ3n) is 5.05. The molecule has 0 saturated carbocycles. The Labute approximate surface area is 188 Å². The van der Waals surface area contributed by atoms with Crippen LogP contribution in [0.3, 0.4) is 0 Å². The number of rotatable bonds is 3. The second kappa shape index (κ2) is 8.42. The maximum atomic E-state index is 6.50. The van der Waals surface area contributed by atoms with Crippen LogP contribution in [0.15, 0.2) is 55.0 Å². The van der Waals surface area contributed by atoms with E-state index in [2.05, 4.69) is 31.7 Å². The SMILES string of the molecule is Nc1ncnc2cc(C#C[C@H]3CCCN3c3ccc(Oc4ccccn4)c(Cl)c3)sc12. The number of benzene rings is 1. The summed E-state index contributed by atoms with van der Waals surface area (Å²) in [5.74, 6) is 8.30. The number of nitrogen functional groups attached to an aromatic ring is 1. The summed E-state index contributed by atoms with van der Waals surface area (Å²) >= 11 is 8.02. The summed E-state index contributed by atoms with van der Waals surface area (Å²) in [6.45, 7) is 0.932. The van der Waals surface area contributed by atoms with Crippen LogP contribution in [0, 0.1) is 11.8 Å². The standard InChI is InChI=1S/C23H18ClN5OS/c24-18-12-16(7-9-20(18)30-21-5-1-2-10-26-21)29-11-3-4-15(29)6-8-17-13-19-22(31-17)23(25)28-14-27-19/h1-2,5,7,9-10,12-15H,3-4,11H2,(H2,25,27,28)/t15-/m1/s1. The van der Waals surface area contributed by atoms with Gasteiger partial charge in [0, 0.05) is 24.5 Å². The summed E-state index contributed by atoms with van der Waals surface area (Å²) in [6.07, 6.45) is 5.24. The molecule has 8 heteroatoms. The van der Waals surface area contributed by atoms with E-state index in [4.69, 9.17) is 22.1 Å². The molecule has 31 heavy (non-hydrogen) atoms. The van der Waals surface area contributed by atoms with E-state index in [9.17, 15) is 0 Å². The van der Waals surface area contributed by atoms with Crippen LogP contribution in [-0.2, 0) is 0 Å². The molecule has 1 aliphatic heterocycles. The van der Waals surface area contributed by atoms with E-state index in [1.807, 2.05) is 36.4 Å². The van der Waals surface area contributed by atoms with Gasteiger partial charge in [0.25, 0.3) is 0 Å². The van der Waals surface area contributed by atoms with Crippen molar-refractivity contribution in [2.45, 2.75) is 18.9 Å². The van der Waals surface area contributed by atoms with Gasteiger partial charge in [-0.3, -0.25) is 0 Å². The number of pyridine rings is 1. The van der Waals surface area contributed by atoms with Gasteiger partial charge in [-0.15, -0.1) is 11.3 Å². The average Bonchev–Trinajstić information content (AvgIpc) is 3.42. The van der Waals surface area contributed by atoms with E-state index in [0.717, 1.165) is 40.2 Å². The van der Waals surface area contributed by atoms with Gasteiger partial charge in [0.2, 0.25) is 5.88 Å². The molecule has 4 aromatic rings. The Bertz CT molecular complexity index is 1300. The molecule has 2 N–H and O–H groups in total. The van der Waals surface area contributed by atoms with E-state index in [1.165, 1.54) is 17.7 Å². The minimum Gasteiger partial charge on any atom is -0.437 e. The molecule has 4 heterocycles. The van der Waals surface area contributed by atoms with E-state index >= 15 is 0 Å². The molecule has 6 nitrogen and oxygen atoms in total. The van der Waals surface area contributed by atoms with Gasteiger partial charge in [0.15, 0.2) is 0 Å². The zero-order valence-corrected chi connectivity index (χ0v) is 18.0. The number of ether oxygens (including phenoxy) is 1. The summed E-state index contributed by atoms with van der Waals surface area (Å²) in [4.78, 5) is 15.7. The minimum atomic E-state index is 0.118. The Morgan fingerprint density at radius 1 is 1.16 bits per heavy atom. The van der Waals surface area contributed by atoms with Crippen LogP contribution >= 0.6 is 22.9 Å². The molecule has 1 atom stereocenters. The Morgan fingerprint density at radius 2 is 2.10 bits per heavy atom. The first-order valence-corrected chi connectivity index (χ1v) is 11.0. The molecule has 5 rings (SSSR count). The molecular weight excluding hydrogens is 430 g/mol. The van der Waals surface area contributed by atoms with Crippen LogP contribution in [0.2, 0.25) is 5.02 Å². The number of hydrogen-bond donors (Lipinski definition) is 1. The Morgan fingerprint density at radius 3 is 2.90 bits per heavy atom. The molecule has 0 unspecified atom stereocenters. The zero-order valence-electron chi connectivity index (χ0n) is 16.5. The Kier molecular flexibility index (Phi) is 5.33. The summed E-state index contributed by atoms with van der Waals surface area (Å²) in [5, 5.41) is 0.542. The number of hydrogen-bond acceptors (Lipinski definition) is 7. The smallest absolute Gasteiger partial charge is 0.219 e. The van der Waals surface area contributed by atoms with Crippen molar-refractivity contribution in [3.8, 4) is 23.5 Å². The fourth-order valence-electron chi connectivity index (χ4n) is 3.59. The predicted octanol–water partition coefficient (Wildman–Crippen LogP) is 5.13. The summed E-state index contributed by atoms with van der Waals surface area (Å²) in [7, 11) is 0. The van der Waals surface area contributed by atoms with Crippen LogP contribution < -0.4 is 15.4 Å². The number of anilines is 2. The quantitative estimate of drug-likeness (QED) is 0.438. The lowest BCUT2D eigenvalue weighted by Crippen LogP contribution is -2.27. The summed E-state index contributed by atoms with van der Waals surface area (Å²) in [6, 6.07) is 13.4. The molecule has 0 aliphatic carbocycles. The third kappa shape index (κ3) is 4.13. The highest BCUT2D eigenvalue weighted by Gasteiger charge is 2.24. The van der Waals surface area contributed by atoms with Crippen LogP contribution in [0.1, 0.15) is 17.7 Å².